The van der Waals surface area contributed by atoms with Crippen LogP contribution in [0.25, 0.3) is 0 Å². The second-order valence-corrected chi connectivity index (χ2v) is 5.91. The van der Waals surface area contributed by atoms with E-state index in [1.807, 2.05) is 17.0 Å². The van der Waals surface area contributed by atoms with Crippen LogP contribution >= 0.6 is 11.6 Å². The van der Waals surface area contributed by atoms with Gasteiger partial charge >= 0.3 is 5.97 Å². The van der Waals surface area contributed by atoms with E-state index >= 15 is 0 Å². The molecule has 0 radical (unpaired) electrons. The van der Waals surface area contributed by atoms with Crippen molar-refractivity contribution in [3.8, 4) is 0 Å². The van der Waals surface area contributed by atoms with E-state index in [1.54, 1.807) is 12.1 Å². The minimum atomic E-state index is -0.800. The molecule has 1 fully saturated rings. The summed E-state index contributed by atoms with van der Waals surface area (Å²) in [6, 6.07) is 7.34. The normalized spacial score (nSPS) is 18.5. The maximum absolute atomic E-state index is 12.5. The van der Waals surface area contributed by atoms with Crippen molar-refractivity contribution in [1.29, 1.82) is 0 Å². The fraction of sp³-hybridized carbons (Fsp3) is 0.500. The largest absolute Gasteiger partial charge is 0.481 e. The number of rotatable bonds is 5. The molecule has 1 heterocycles. The SMILES string of the molecule is O=C(O)CCC1CCCCN1C(=O)Cc1ccc(Cl)cc1. The molecule has 2 rings (SSSR count). The van der Waals surface area contributed by atoms with Gasteiger partial charge in [-0.3, -0.25) is 9.59 Å². The molecule has 1 unspecified atom stereocenters. The quantitative estimate of drug-likeness (QED) is 0.909. The molecule has 0 bridgehead atoms. The minimum absolute atomic E-state index is 0.0645. The van der Waals surface area contributed by atoms with Crippen molar-refractivity contribution in [1.82, 2.24) is 4.90 Å². The molecule has 1 amide bonds. The van der Waals surface area contributed by atoms with E-state index in [4.69, 9.17) is 16.7 Å². The Kier molecular flexibility index (Phi) is 5.62. The summed E-state index contributed by atoms with van der Waals surface area (Å²) in [7, 11) is 0. The number of likely N-dealkylation sites (tertiary alicyclic amines) is 1. The summed E-state index contributed by atoms with van der Waals surface area (Å²) in [5.41, 5.74) is 0.937. The zero-order chi connectivity index (χ0) is 15.2. The molecule has 0 saturated carbocycles. The molecule has 4 nitrogen and oxygen atoms in total. The summed E-state index contributed by atoms with van der Waals surface area (Å²) in [4.78, 5) is 25.0. The number of aliphatic carboxylic acids is 1. The monoisotopic (exact) mass is 309 g/mol. The van der Waals surface area contributed by atoms with Crippen molar-refractivity contribution in [2.45, 2.75) is 44.6 Å². The summed E-state index contributed by atoms with van der Waals surface area (Å²) in [5.74, 6) is -0.724. The molecule has 0 aliphatic carbocycles. The van der Waals surface area contributed by atoms with Crippen molar-refractivity contribution in [2.75, 3.05) is 6.54 Å². The maximum Gasteiger partial charge on any atom is 0.303 e. The number of halogens is 1. The number of hydrogen-bond acceptors (Lipinski definition) is 2. The van der Waals surface area contributed by atoms with Gasteiger partial charge in [-0.2, -0.15) is 0 Å². The standard InChI is InChI=1S/C16H20ClNO3/c17-13-6-4-12(5-7-13)11-15(19)18-10-2-1-3-14(18)8-9-16(20)21/h4-7,14H,1-3,8-11H2,(H,20,21). The van der Waals surface area contributed by atoms with Gasteiger partial charge in [-0.05, 0) is 43.4 Å². The highest BCUT2D eigenvalue weighted by molar-refractivity contribution is 6.30. The van der Waals surface area contributed by atoms with Crippen LogP contribution in [0.2, 0.25) is 5.02 Å². The van der Waals surface area contributed by atoms with Crippen LogP contribution in [0, 0.1) is 0 Å². The highest BCUT2D eigenvalue weighted by Crippen LogP contribution is 2.22. The molecule has 1 saturated heterocycles. The summed E-state index contributed by atoms with van der Waals surface area (Å²) >= 11 is 5.84. The van der Waals surface area contributed by atoms with E-state index < -0.39 is 5.97 Å². The highest BCUT2D eigenvalue weighted by Gasteiger charge is 2.26. The van der Waals surface area contributed by atoms with Crippen LogP contribution in [0.3, 0.4) is 0 Å². The number of carboxylic acid groups (broad SMARTS) is 1. The topological polar surface area (TPSA) is 57.6 Å². The number of carbonyl (C=O) groups excluding carboxylic acids is 1. The summed E-state index contributed by atoms with van der Waals surface area (Å²) < 4.78 is 0. The van der Waals surface area contributed by atoms with Crippen molar-refractivity contribution in [2.24, 2.45) is 0 Å². The van der Waals surface area contributed by atoms with Crippen molar-refractivity contribution >= 4 is 23.5 Å². The van der Waals surface area contributed by atoms with Gasteiger partial charge in [-0.25, -0.2) is 0 Å². The Bertz CT molecular complexity index is 501. The molecule has 1 aliphatic heterocycles. The first kappa shape index (κ1) is 15.8. The van der Waals surface area contributed by atoms with Crippen molar-refractivity contribution < 1.29 is 14.7 Å². The zero-order valence-corrected chi connectivity index (χ0v) is 12.7. The number of benzene rings is 1. The minimum Gasteiger partial charge on any atom is -0.481 e. The van der Waals surface area contributed by atoms with E-state index in [0.717, 1.165) is 31.4 Å². The molecule has 5 heteroatoms. The van der Waals surface area contributed by atoms with Gasteiger partial charge in [-0.1, -0.05) is 23.7 Å². The van der Waals surface area contributed by atoms with Crippen molar-refractivity contribution in [3.63, 3.8) is 0 Å². The molecule has 1 aromatic carbocycles. The number of amides is 1. The average Bonchev–Trinajstić information content (AvgIpc) is 2.47. The number of piperidine rings is 1. The molecular formula is C16H20ClNO3. The smallest absolute Gasteiger partial charge is 0.303 e. The second kappa shape index (κ2) is 7.46. The fourth-order valence-corrected chi connectivity index (χ4v) is 2.92. The van der Waals surface area contributed by atoms with E-state index in [1.165, 1.54) is 0 Å². The van der Waals surface area contributed by atoms with Crippen LogP contribution in [0.5, 0.6) is 0 Å². The van der Waals surface area contributed by atoms with Crippen LogP contribution in [-0.2, 0) is 16.0 Å². The molecule has 114 valence electrons. The molecule has 1 N–H and O–H groups in total. The molecule has 0 spiro atoms. The third-order valence-corrected chi connectivity index (χ3v) is 4.16. The second-order valence-electron chi connectivity index (χ2n) is 5.47. The Labute approximate surface area is 129 Å². The van der Waals surface area contributed by atoms with Gasteiger partial charge in [0, 0.05) is 24.0 Å². The lowest BCUT2D eigenvalue weighted by atomic mass is 9.97. The Morgan fingerprint density at radius 3 is 2.62 bits per heavy atom. The molecule has 21 heavy (non-hydrogen) atoms. The lowest BCUT2D eigenvalue weighted by Crippen LogP contribution is -2.44. The molecule has 1 aliphatic rings. The van der Waals surface area contributed by atoms with Gasteiger partial charge in [0.25, 0.3) is 0 Å². The average molecular weight is 310 g/mol. The lowest BCUT2D eigenvalue weighted by Gasteiger charge is -2.35. The molecule has 1 atom stereocenters. The van der Waals surface area contributed by atoms with Gasteiger partial charge in [0.05, 0.1) is 6.42 Å². The van der Waals surface area contributed by atoms with Crippen LogP contribution < -0.4 is 0 Å². The first-order chi connectivity index (χ1) is 10.1. The van der Waals surface area contributed by atoms with Crippen LogP contribution in [0.4, 0.5) is 0 Å². The number of carboxylic acids is 1. The Hall–Kier alpha value is -1.55. The zero-order valence-electron chi connectivity index (χ0n) is 11.9. The lowest BCUT2D eigenvalue weighted by molar-refractivity contribution is -0.139. The maximum atomic E-state index is 12.5. The van der Waals surface area contributed by atoms with Crippen LogP contribution in [-0.4, -0.2) is 34.5 Å². The van der Waals surface area contributed by atoms with E-state index in [0.29, 0.717) is 17.9 Å². The Balaban J connectivity index is 1.97. The Morgan fingerprint density at radius 2 is 1.95 bits per heavy atom. The third kappa shape index (κ3) is 4.74. The van der Waals surface area contributed by atoms with Gasteiger partial charge in [0.2, 0.25) is 5.91 Å². The number of carbonyl (C=O) groups is 2. The number of nitrogens with zero attached hydrogens (tertiary/aromatic N) is 1. The predicted molar refractivity (Wildman–Crippen MR) is 81.4 cm³/mol. The summed E-state index contributed by atoms with van der Waals surface area (Å²) in [6.45, 7) is 0.733. The summed E-state index contributed by atoms with van der Waals surface area (Å²) in [5, 5.41) is 9.47. The van der Waals surface area contributed by atoms with Crippen molar-refractivity contribution in [3.05, 3.63) is 34.9 Å². The van der Waals surface area contributed by atoms with Gasteiger partial charge in [-0.15, -0.1) is 0 Å². The van der Waals surface area contributed by atoms with E-state index in [-0.39, 0.29) is 18.4 Å². The third-order valence-electron chi connectivity index (χ3n) is 3.91. The van der Waals surface area contributed by atoms with Crippen LogP contribution in [0.15, 0.2) is 24.3 Å². The molecular weight excluding hydrogens is 290 g/mol. The van der Waals surface area contributed by atoms with Crippen LogP contribution in [0.1, 0.15) is 37.7 Å². The first-order valence-electron chi connectivity index (χ1n) is 7.32. The Morgan fingerprint density at radius 1 is 1.24 bits per heavy atom. The fourth-order valence-electron chi connectivity index (χ4n) is 2.80. The predicted octanol–water partition coefficient (Wildman–Crippen LogP) is 3.13. The van der Waals surface area contributed by atoms with Gasteiger partial charge in [0.1, 0.15) is 0 Å². The van der Waals surface area contributed by atoms with E-state index in [9.17, 15) is 9.59 Å². The van der Waals surface area contributed by atoms with Gasteiger partial charge < -0.3 is 10.0 Å². The summed E-state index contributed by atoms with van der Waals surface area (Å²) in [6.07, 6.45) is 3.97. The first-order valence-corrected chi connectivity index (χ1v) is 7.70. The van der Waals surface area contributed by atoms with Gasteiger partial charge in [0.15, 0.2) is 0 Å². The molecule has 0 aromatic heterocycles. The number of hydrogen-bond donors (Lipinski definition) is 1. The van der Waals surface area contributed by atoms with E-state index in [2.05, 4.69) is 0 Å². The highest BCUT2D eigenvalue weighted by atomic mass is 35.5. The molecule has 1 aromatic rings.